The van der Waals surface area contributed by atoms with Crippen molar-refractivity contribution in [3.05, 3.63) is 83.0 Å². The number of carbonyl (C=O) groups is 1. The van der Waals surface area contributed by atoms with Crippen LogP contribution in [0.5, 0.6) is 0 Å². The Bertz CT molecular complexity index is 1120. The maximum absolute atomic E-state index is 14.0. The lowest BCUT2D eigenvalue weighted by Crippen LogP contribution is -2.34. The van der Waals surface area contributed by atoms with Gasteiger partial charge in [-0.3, -0.25) is 9.69 Å². The highest BCUT2D eigenvalue weighted by Crippen LogP contribution is 2.39. The number of carbonyl (C=O) groups excluding carboxylic acids is 1. The molecule has 1 unspecified atom stereocenters. The molecule has 1 aliphatic rings. The number of benzene rings is 2. The number of thioether (sulfide) groups is 1. The van der Waals surface area contributed by atoms with Crippen LogP contribution in [0, 0.1) is 11.3 Å². The van der Waals surface area contributed by atoms with E-state index in [0.29, 0.717) is 17.0 Å². The number of pyridine rings is 1. The summed E-state index contributed by atoms with van der Waals surface area (Å²) in [6.07, 6.45) is 4.30. The van der Waals surface area contributed by atoms with E-state index in [1.54, 1.807) is 0 Å². The molecule has 5 heteroatoms. The van der Waals surface area contributed by atoms with Crippen molar-refractivity contribution in [3.63, 3.8) is 0 Å². The number of para-hydroxylation sites is 2. The number of nitrogens with zero attached hydrogens (tertiary/aromatic N) is 3. The summed E-state index contributed by atoms with van der Waals surface area (Å²) < 4.78 is 0. The van der Waals surface area contributed by atoms with Gasteiger partial charge >= 0.3 is 0 Å². The highest BCUT2D eigenvalue weighted by molar-refractivity contribution is 8.00. The number of rotatable bonds is 6. The van der Waals surface area contributed by atoms with Gasteiger partial charge < -0.3 is 0 Å². The molecule has 0 spiro atoms. The monoisotopic (exact) mass is 441 g/mol. The molecule has 162 valence electrons. The largest absolute Gasteiger partial charge is 0.280 e. The van der Waals surface area contributed by atoms with Gasteiger partial charge in [0.05, 0.1) is 22.2 Å². The van der Waals surface area contributed by atoms with Gasteiger partial charge in [0.15, 0.2) is 0 Å². The quantitative estimate of drug-likeness (QED) is 0.425. The number of aryl methyl sites for hydroxylation is 3. The number of amides is 1. The first kappa shape index (κ1) is 22.1. The molecule has 2 heterocycles. The van der Waals surface area contributed by atoms with Crippen LogP contribution in [0.4, 0.5) is 11.4 Å². The fourth-order valence-electron chi connectivity index (χ4n) is 4.15. The maximum Gasteiger partial charge on any atom is 0.245 e. The first-order chi connectivity index (χ1) is 15.7. The predicted molar refractivity (Wildman–Crippen MR) is 130 cm³/mol. The summed E-state index contributed by atoms with van der Waals surface area (Å²) in [5.41, 5.74) is 5.75. The number of hydrogen-bond acceptors (Lipinski definition) is 4. The van der Waals surface area contributed by atoms with Gasteiger partial charge in [-0.25, -0.2) is 4.98 Å². The second kappa shape index (κ2) is 10.0. The van der Waals surface area contributed by atoms with Crippen LogP contribution in [0.3, 0.4) is 0 Å². The summed E-state index contributed by atoms with van der Waals surface area (Å²) in [4.78, 5) is 20.6. The lowest BCUT2D eigenvalue weighted by Gasteiger charge is -2.28. The van der Waals surface area contributed by atoms with Gasteiger partial charge in [0, 0.05) is 5.69 Å². The molecule has 0 radical (unpaired) electrons. The Morgan fingerprint density at radius 1 is 1.03 bits per heavy atom. The second-order valence-electron chi connectivity index (χ2n) is 7.96. The van der Waals surface area contributed by atoms with Crippen molar-refractivity contribution in [2.75, 3.05) is 4.90 Å². The Labute approximate surface area is 194 Å². The van der Waals surface area contributed by atoms with Crippen LogP contribution < -0.4 is 4.90 Å². The lowest BCUT2D eigenvalue weighted by molar-refractivity contribution is -0.117. The number of fused-ring (bicyclic) bond motifs is 2. The minimum atomic E-state index is -0.342. The van der Waals surface area contributed by atoms with Crippen molar-refractivity contribution in [3.8, 4) is 6.07 Å². The van der Waals surface area contributed by atoms with Gasteiger partial charge in [0.25, 0.3) is 0 Å². The van der Waals surface area contributed by atoms with E-state index >= 15 is 0 Å². The van der Waals surface area contributed by atoms with Crippen molar-refractivity contribution in [2.45, 2.75) is 56.2 Å². The zero-order chi connectivity index (χ0) is 22.5. The smallest absolute Gasteiger partial charge is 0.245 e. The van der Waals surface area contributed by atoms with Crippen LogP contribution in [-0.2, 0) is 24.1 Å². The van der Waals surface area contributed by atoms with Crippen LogP contribution in [0.1, 0.15) is 49.1 Å². The van der Waals surface area contributed by atoms with Crippen molar-refractivity contribution < 1.29 is 4.79 Å². The van der Waals surface area contributed by atoms with Gasteiger partial charge in [-0.05, 0) is 61.1 Å². The topological polar surface area (TPSA) is 57.0 Å². The predicted octanol–water partition coefficient (Wildman–Crippen LogP) is 6.24. The molecule has 1 aromatic heterocycles. The fraction of sp³-hybridized carbons (Fsp3) is 0.296. The standard InChI is InChI=1S/C27H27N3OS/c1-3-9-22-17-16-21(18-28)26(29-22)32-25(4-2)27(31)30-23-12-7-5-10-19(23)14-15-20-11-6-8-13-24(20)30/h5-8,10-13,16-17,25H,3-4,9,14-15H2,1-2H3. The molecule has 0 N–H and O–H groups in total. The average Bonchev–Trinajstić information content (AvgIpc) is 2.99. The van der Waals surface area contributed by atoms with Gasteiger partial charge in [-0.2, -0.15) is 5.26 Å². The average molecular weight is 442 g/mol. The minimum absolute atomic E-state index is 0.0332. The van der Waals surface area contributed by atoms with E-state index in [-0.39, 0.29) is 11.2 Å². The first-order valence-electron chi connectivity index (χ1n) is 11.2. The summed E-state index contributed by atoms with van der Waals surface area (Å²) in [5.74, 6) is 0.0332. The third kappa shape index (κ3) is 4.42. The van der Waals surface area contributed by atoms with Crippen LogP contribution in [-0.4, -0.2) is 16.1 Å². The molecule has 4 rings (SSSR count). The Balaban J connectivity index is 1.74. The minimum Gasteiger partial charge on any atom is -0.280 e. The Morgan fingerprint density at radius 3 is 2.22 bits per heavy atom. The molecule has 1 aliphatic heterocycles. The summed E-state index contributed by atoms with van der Waals surface area (Å²) in [7, 11) is 0. The van der Waals surface area contributed by atoms with Crippen LogP contribution in [0.15, 0.2) is 65.7 Å². The Morgan fingerprint density at radius 2 is 1.66 bits per heavy atom. The fourth-order valence-corrected chi connectivity index (χ4v) is 5.21. The molecule has 3 aromatic rings. The third-order valence-electron chi connectivity index (χ3n) is 5.79. The molecule has 4 nitrogen and oxygen atoms in total. The summed E-state index contributed by atoms with van der Waals surface area (Å²) in [6.45, 7) is 4.13. The van der Waals surface area contributed by atoms with Crippen molar-refractivity contribution in [1.82, 2.24) is 4.98 Å². The zero-order valence-electron chi connectivity index (χ0n) is 18.5. The summed E-state index contributed by atoms with van der Waals surface area (Å²) in [6, 6.07) is 22.3. The molecule has 0 saturated carbocycles. The first-order valence-corrected chi connectivity index (χ1v) is 12.1. The van der Waals surface area contributed by atoms with E-state index in [1.807, 2.05) is 60.4 Å². The molecular weight excluding hydrogens is 414 g/mol. The summed E-state index contributed by atoms with van der Waals surface area (Å²) >= 11 is 1.41. The number of hydrogen-bond donors (Lipinski definition) is 0. The van der Waals surface area contributed by atoms with E-state index < -0.39 is 0 Å². The summed E-state index contributed by atoms with van der Waals surface area (Å²) in [5, 5.41) is 9.92. The molecule has 32 heavy (non-hydrogen) atoms. The molecule has 1 atom stereocenters. The van der Waals surface area contributed by atoms with Gasteiger partial charge in [0.1, 0.15) is 11.1 Å². The number of anilines is 2. The second-order valence-corrected chi connectivity index (χ2v) is 9.15. The van der Waals surface area contributed by atoms with E-state index in [9.17, 15) is 10.1 Å². The van der Waals surface area contributed by atoms with Crippen LogP contribution in [0.2, 0.25) is 0 Å². The molecule has 0 saturated heterocycles. The van der Waals surface area contributed by atoms with Crippen molar-refractivity contribution in [1.29, 1.82) is 5.26 Å². The molecule has 0 fully saturated rings. The van der Waals surface area contributed by atoms with Gasteiger partial charge in [-0.1, -0.05) is 68.4 Å². The zero-order valence-corrected chi connectivity index (χ0v) is 19.4. The third-order valence-corrected chi connectivity index (χ3v) is 7.15. The highest BCUT2D eigenvalue weighted by atomic mass is 32.2. The Hall–Kier alpha value is -3.10. The normalized spacial score (nSPS) is 13.5. The van der Waals surface area contributed by atoms with Crippen LogP contribution in [0.25, 0.3) is 0 Å². The molecule has 2 aromatic carbocycles. The molecule has 0 aliphatic carbocycles. The van der Waals surface area contributed by atoms with Gasteiger partial charge in [0.2, 0.25) is 5.91 Å². The van der Waals surface area contributed by atoms with Gasteiger partial charge in [-0.15, -0.1) is 0 Å². The highest BCUT2D eigenvalue weighted by Gasteiger charge is 2.31. The molecular formula is C27H27N3OS. The SMILES string of the molecule is CCCc1ccc(C#N)c(SC(CC)C(=O)N2c3ccccc3CCc3ccccc32)n1. The maximum atomic E-state index is 14.0. The van der Waals surface area contributed by atoms with Crippen molar-refractivity contribution >= 4 is 29.0 Å². The number of aromatic nitrogens is 1. The van der Waals surface area contributed by atoms with Crippen LogP contribution >= 0.6 is 11.8 Å². The molecule has 1 amide bonds. The Kier molecular flexibility index (Phi) is 6.92. The van der Waals surface area contributed by atoms with E-state index in [2.05, 4.69) is 25.1 Å². The van der Waals surface area contributed by atoms with E-state index in [0.717, 1.165) is 42.8 Å². The van der Waals surface area contributed by atoms with Crippen molar-refractivity contribution in [2.24, 2.45) is 0 Å². The lowest BCUT2D eigenvalue weighted by atomic mass is 10.0. The van der Waals surface area contributed by atoms with E-state index in [1.165, 1.54) is 22.9 Å². The molecule has 0 bridgehead atoms. The number of nitriles is 1. The van der Waals surface area contributed by atoms with E-state index in [4.69, 9.17) is 4.98 Å².